The van der Waals surface area contributed by atoms with Crippen LogP contribution in [-0.2, 0) is 17.8 Å². The molecular weight excluding hydrogens is 386 g/mol. The van der Waals surface area contributed by atoms with Crippen molar-refractivity contribution in [3.8, 4) is 0 Å². The Morgan fingerprint density at radius 2 is 1.96 bits per heavy atom. The molecule has 0 aliphatic carbocycles. The summed E-state index contributed by atoms with van der Waals surface area (Å²) >= 11 is 3.62. The smallest absolute Gasteiger partial charge is 0.126 e. The monoisotopic (exact) mass is 415 g/mol. The fourth-order valence-corrected chi connectivity index (χ4v) is 6.21. The summed E-state index contributed by atoms with van der Waals surface area (Å²) in [6.07, 6.45) is 9.16. The number of thioether (sulfide) groups is 1. The highest BCUT2D eigenvalue weighted by Crippen LogP contribution is 2.42. The Balaban J connectivity index is 1.69. The van der Waals surface area contributed by atoms with Crippen LogP contribution >= 0.6 is 23.1 Å². The first-order valence-electron chi connectivity index (χ1n) is 10.3. The molecule has 3 aromatic rings. The van der Waals surface area contributed by atoms with Crippen LogP contribution < -0.4 is 0 Å². The average Bonchev–Trinajstić information content (AvgIpc) is 3.02. The van der Waals surface area contributed by atoms with E-state index in [0.29, 0.717) is 6.61 Å². The van der Waals surface area contributed by atoms with Crippen molar-refractivity contribution < 1.29 is 4.74 Å². The molecule has 0 aromatic carbocycles. The van der Waals surface area contributed by atoms with E-state index < -0.39 is 0 Å². The molecule has 0 N–H and O–H groups in total. The maximum atomic E-state index is 6.05. The normalized spacial score (nSPS) is 16.0. The van der Waals surface area contributed by atoms with Crippen LogP contribution in [0.2, 0.25) is 0 Å². The van der Waals surface area contributed by atoms with Gasteiger partial charge in [-0.05, 0) is 38.5 Å². The molecule has 0 bridgehead atoms. The molecule has 0 radical (unpaired) electrons. The molecule has 1 aliphatic heterocycles. The van der Waals surface area contributed by atoms with Crippen molar-refractivity contribution in [1.82, 2.24) is 15.0 Å². The van der Waals surface area contributed by atoms with Gasteiger partial charge in [0.1, 0.15) is 16.2 Å². The number of ether oxygens (including phenoxy) is 1. The van der Waals surface area contributed by atoms with Gasteiger partial charge in [-0.2, -0.15) is 0 Å². The van der Waals surface area contributed by atoms with E-state index in [4.69, 9.17) is 9.72 Å². The number of aryl methyl sites for hydroxylation is 1. The summed E-state index contributed by atoms with van der Waals surface area (Å²) in [5.41, 5.74) is 4.63. The Labute approximate surface area is 175 Å². The zero-order chi connectivity index (χ0) is 19.7. The Hall–Kier alpha value is -1.24. The number of aromatic nitrogens is 3. The van der Waals surface area contributed by atoms with Crippen molar-refractivity contribution in [3.05, 3.63) is 23.1 Å². The highest BCUT2D eigenvalue weighted by molar-refractivity contribution is 7.99. The molecule has 3 aromatic heterocycles. The van der Waals surface area contributed by atoms with E-state index in [1.165, 1.54) is 53.3 Å². The quantitative estimate of drug-likeness (QED) is 0.252. The summed E-state index contributed by atoms with van der Waals surface area (Å²) in [5.74, 6) is 1.12. The summed E-state index contributed by atoms with van der Waals surface area (Å²) in [5, 5.41) is 2.34. The predicted octanol–water partition coefficient (Wildman–Crippen LogP) is 6.46. The van der Waals surface area contributed by atoms with E-state index in [1.54, 1.807) is 17.7 Å². The van der Waals surface area contributed by atoms with Gasteiger partial charge in [-0.1, -0.05) is 32.6 Å². The predicted molar refractivity (Wildman–Crippen MR) is 120 cm³/mol. The van der Waals surface area contributed by atoms with Gasteiger partial charge >= 0.3 is 0 Å². The Morgan fingerprint density at radius 1 is 1.14 bits per heavy atom. The Bertz CT molecular complexity index is 997. The van der Waals surface area contributed by atoms with E-state index in [1.807, 2.05) is 11.8 Å². The fraction of sp³-hybridized carbons (Fsp3) is 0.591. The van der Waals surface area contributed by atoms with Gasteiger partial charge in [0.2, 0.25) is 0 Å². The molecule has 0 fully saturated rings. The summed E-state index contributed by atoms with van der Waals surface area (Å²) in [7, 11) is 0. The lowest BCUT2D eigenvalue weighted by atomic mass is 9.89. The number of thiophene rings is 1. The molecule has 0 atom stereocenters. The maximum absolute atomic E-state index is 6.05. The lowest BCUT2D eigenvalue weighted by Gasteiger charge is -2.32. The van der Waals surface area contributed by atoms with E-state index >= 15 is 0 Å². The second-order valence-corrected chi connectivity index (χ2v) is 10.4. The summed E-state index contributed by atoms with van der Waals surface area (Å²) in [4.78, 5) is 15.3. The standard InChI is InChI=1S/C22H29N3OS2/c1-5-6-7-8-9-10-27-21-19-18(23-13-24-21)17-15-11-22(3,4)26-12-16(15)14(2)25-20(17)28-19/h13H,5-12H2,1-4H3. The first-order chi connectivity index (χ1) is 13.5. The molecule has 0 saturated heterocycles. The topological polar surface area (TPSA) is 47.9 Å². The third kappa shape index (κ3) is 3.91. The van der Waals surface area contributed by atoms with Crippen LogP contribution in [0.25, 0.3) is 20.4 Å². The van der Waals surface area contributed by atoms with Crippen molar-refractivity contribution in [2.24, 2.45) is 0 Å². The van der Waals surface area contributed by atoms with Crippen LogP contribution in [0.5, 0.6) is 0 Å². The van der Waals surface area contributed by atoms with Crippen LogP contribution in [0.4, 0.5) is 0 Å². The van der Waals surface area contributed by atoms with Crippen LogP contribution in [0, 0.1) is 6.92 Å². The minimum atomic E-state index is -0.148. The SMILES string of the molecule is CCCCCCCSc1ncnc2c1sc1nc(C)c3c(c12)CC(C)(C)OC3. The van der Waals surface area contributed by atoms with E-state index in [2.05, 4.69) is 37.7 Å². The molecular formula is C22H29N3OS2. The van der Waals surface area contributed by atoms with E-state index in [-0.39, 0.29) is 5.60 Å². The van der Waals surface area contributed by atoms with Crippen LogP contribution in [-0.4, -0.2) is 26.3 Å². The highest BCUT2D eigenvalue weighted by atomic mass is 32.2. The van der Waals surface area contributed by atoms with E-state index in [9.17, 15) is 0 Å². The number of rotatable bonds is 7. The lowest BCUT2D eigenvalue weighted by Crippen LogP contribution is -2.32. The number of hydrogen-bond donors (Lipinski definition) is 0. The molecule has 4 heterocycles. The minimum Gasteiger partial charge on any atom is -0.370 e. The van der Waals surface area contributed by atoms with Crippen LogP contribution in [0.15, 0.2) is 11.4 Å². The van der Waals surface area contributed by atoms with Crippen molar-refractivity contribution >= 4 is 43.5 Å². The van der Waals surface area contributed by atoms with Crippen molar-refractivity contribution in [2.45, 2.75) is 83.5 Å². The van der Waals surface area contributed by atoms with Gasteiger partial charge in [0.05, 0.1) is 22.4 Å². The van der Waals surface area contributed by atoms with Crippen molar-refractivity contribution in [2.75, 3.05) is 5.75 Å². The summed E-state index contributed by atoms with van der Waals surface area (Å²) < 4.78 is 7.25. The third-order valence-electron chi connectivity index (χ3n) is 5.49. The zero-order valence-electron chi connectivity index (χ0n) is 17.3. The zero-order valence-corrected chi connectivity index (χ0v) is 18.9. The highest BCUT2D eigenvalue weighted by Gasteiger charge is 2.30. The molecule has 4 rings (SSSR count). The molecule has 6 heteroatoms. The van der Waals surface area contributed by atoms with E-state index in [0.717, 1.165) is 33.2 Å². The van der Waals surface area contributed by atoms with Gasteiger partial charge in [-0.25, -0.2) is 15.0 Å². The first kappa shape index (κ1) is 20.0. The van der Waals surface area contributed by atoms with Crippen LogP contribution in [0.1, 0.15) is 69.7 Å². The molecule has 1 aliphatic rings. The largest absolute Gasteiger partial charge is 0.370 e. The number of unbranched alkanes of at least 4 members (excludes halogenated alkanes) is 4. The van der Waals surface area contributed by atoms with Gasteiger partial charge in [0.15, 0.2) is 0 Å². The number of hydrogen-bond acceptors (Lipinski definition) is 6. The number of fused-ring (bicyclic) bond motifs is 5. The number of nitrogens with zero attached hydrogens (tertiary/aromatic N) is 3. The van der Waals surface area contributed by atoms with Crippen molar-refractivity contribution in [1.29, 1.82) is 0 Å². The first-order valence-corrected chi connectivity index (χ1v) is 12.1. The Morgan fingerprint density at radius 3 is 2.79 bits per heavy atom. The lowest BCUT2D eigenvalue weighted by molar-refractivity contribution is -0.0400. The molecule has 150 valence electrons. The van der Waals surface area contributed by atoms with Gasteiger partial charge in [-0.3, -0.25) is 0 Å². The molecule has 0 saturated carbocycles. The van der Waals surface area contributed by atoms with Gasteiger partial charge in [0.25, 0.3) is 0 Å². The fourth-order valence-electron chi connectivity index (χ4n) is 3.92. The van der Waals surface area contributed by atoms with Gasteiger partial charge < -0.3 is 4.74 Å². The van der Waals surface area contributed by atoms with Gasteiger partial charge in [0, 0.05) is 23.1 Å². The molecule has 0 amide bonds. The van der Waals surface area contributed by atoms with Crippen LogP contribution in [0.3, 0.4) is 0 Å². The number of pyridine rings is 1. The second kappa shape index (κ2) is 8.25. The summed E-state index contributed by atoms with van der Waals surface area (Å²) in [6.45, 7) is 9.33. The maximum Gasteiger partial charge on any atom is 0.126 e. The second-order valence-electron chi connectivity index (χ2n) is 8.28. The third-order valence-corrected chi connectivity index (χ3v) is 7.77. The Kier molecular flexibility index (Phi) is 5.91. The minimum absolute atomic E-state index is 0.148. The van der Waals surface area contributed by atoms with Crippen molar-refractivity contribution in [3.63, 3.8) is 0 Å². The van der Waals surface area contributed by atoms with Gasteiger partial charge in [-0.15, -0.1) is 23.1 Å². The summed E-state index contributed by atoms with van der Waals surface area (Å²) in [6, 6.07) is 0. The average molecular weight is 416 g/mol. The molecule has 4 nitrogen and oxygen atoms in total. The molecule has 28 heavy (non-hydrogen) atoms. The molecule has 0 unspecified atom stereocenters. The molecule has 0 spiro atoms.